The van der Waals surface area contributed by atoms with Crippen LogP contribution in [-0.2, 0) is 11.3 Å². The minimum Gasteiger partial charge on any atom is -0.493 e. The minimum atomic E-state index is 0.368. The molecule has 0 amide bonds. The van der Waals surface area contributed by atoms with E-state index in [-0.39, 0.29) is 0 Å². The molecular weight excluding hydrogens is 301 g/mol. The molecule has 0 fully saturated rings. The Balaban J connectivity index is 2.84. The Labute approximate surface area is 129 Å². The first-order valence-electron chi connectivity index (χ1n) is 6.17. The average molecular weight is 320 g/mol. The van der Waals surface area contributed by atoms with Gasteiger partial charge in [0.2, 0.25) is 0 Å². The van der Waals surface area contributed by atoms with Crippen LogP contribution in [0.15, 0.2) is 23.7 Å². The van der Waals surface area contributed by atoms with Gasteiger partial charge in [-0.1, -0.05) is 23.2 Å². The van der Waals surface area contributed by atoms with E-state index in [1.54, 1.807) is 26.4 Å². The first-order valence-corrected chi connectivity index (χ1v) is 6.98. The lowest BCUT2D eigenvalue weighted by Gasteiger charge is -2.15. The molecule has 112 valence electrons. The summed E-state index contributed by atoms with van der Waals surface area (Å²) < 4.78 is 16.0. The highest BCUT2D eigenvalue weighted by molar-refractivity contribution is 6.30. The van der Waals surface area contributed by atoms with Crippen LogP contribution >= 0.6 is 23.2 Å². The summed E-state index contributed by atoms with van der Waals surface area (Å²) in [6.45, 7) is 2.36. The summed E-state index contributed by atoms with van der Waals surface area (Å²) in [6.07, 6.45) is 1.71. The van der Waals surface area contributed by atoms with Crippen molar-refractivity contribution in [2.75, 3.05) is 34.0 Å². The topological polar surface area (TPSA) is 39.7 Å². The van der Waals surface area contributed by atoms with Crippen LogP contribution in [0.3, 0.4) is 0 Å². The van der Waals surface area contributed by atoms with Crippen molar-refractivity contribution in [1.82, 2.24) is 5.32 Å². The molecule has 1 N–H and O–H groups in total. The summed E-state index contributed by atoms with van der Waals surface area (Å²) in [4.78, 5) is 0. The van der Waals surface area contributed by atoms with Gasteiger partial charge in [-0.3, -0.25) is 0 Å². The van der Waals surface area contributed by atoms with Crippen LogP contribution in [0.4, 0.5) is 0 Å². The molecule has 1 aromatic rings. The summed E-state index contributed by atoms with van der Waals surface area (Å²) in [5.41, 5.74) is 2.34. The molecule has 0 saturated heterocycles. The summed E-state index contributed by atoms with van der Waals surface area (Å²) in [6, 6.07) is 3.57. The van der Waals surface area contributed by atoms with Crippen molar-refractivity contribution in [3.05, 3.63) is 34.3 Å². The second kappa shape index (κ2) is 9.88. The number of halogens is 2. The molecule has 0 atom stereocenters. The third-order valence-electron chi connectivity index (χ3n) is 2.53. The van der Waals surface area contributed by atoms with Crippen LogP contribution in [0.1, 0.15) is 5.56 Å². The molecular formula is C14H19Cl2NO3. The van der Waals surface area contributed by atoms with E-state index in [9.17, 15) is 0 Å². The van der Waals surface area contributed by atoms with Crippen LogP contribution in [0.25, 0.3) is 0 Å². The molecule has 1 aromatic carbocycles. The fraction of sp³-hybridized carbons (Fsp3) is 0.429. The number of hydrogen-bond acceptors (Lipinski definition) is 4. The van der Waals surface area contributed by atoms with Gasteiger partial charge in [-0.2, -0.15) is 0 Å². The molecule has 1 rings (SSSR count). The molecule has 4 nitrogen and oxygen atoms in total. The van der Waals surface area contributed by atoms with Crippen molar-refractivity contribution in [2.45, 2.75) is 6.54 Å². The zero-order valence-corrected chi connectivity index (χ0v) is 13.1. The largest absolute Gasteiger partial charge is 0.493 e. The highest BCUT2D eigenvalue weighted by Gasteiger charge is 2.12. The molecule has 0 saturated carbocycles. The zero-order valence-electron chi connectivity index (χ0n) is 11.6. The first-order chi connectivity index (χ1) is 9.72. The fourth-order valence-corrected chi connectivity index (χ4v) is 1.94. The van der Waals surface area contributed by atoms with Gasteiger partial charge >= 0.3 is 0 Å². The number of rotatable bonds is 9. The Hall–Kier alpha value is -0.940. The lowest BCUT2D eigenvalue weighted by Crippen LogP contribution is -2.19. The lowest BCUT2D eigenvalue weighted by molar-refractivity contribution is 0.199. The van der Waals surface area contributed by atoms with Gasteiger partial charge in [-0.05, 0) is 12.1 Å². The van der Waals surface area contributed by atoms with Gasteiger partial charge in [0.15, 0.2) is 11.5 Å². The Kier molecular flexibility index (Phi) is 8.46. The van der Waals surface area contributed by atoms with E-state index >= 15 is 0 Å². The molecule has 0 heterocycles. The monoisotopic (exact) mass is 319 g/mol. The average Bonchev–Trinajstić information content (AvgIpc) is 2.45. The first kappa shape index (κ1) is 17.1. The smallest absolute Gasteiger partial charge is 0.166 e. The van der Waals surface area contributed by atoms with Crippen LogP contribution < -0.4 is 14.8 Å². The Morgan fingerprint density at radius 3 is 2.75 bits per heavy atom. The number of nitrogens with one attached hydrogen (secondary N) is 1. The lowest BCUT2D eigenvalue weighted by atomic mass is 10.2. The van der Waals surface area contributed by atoms with Gasteiger partial charge in [-0.25, -0.2) is 0 Å². The molecule has 0 bridgehead atoms. The zero-order chi connectivity index (χ0) is 14.8. The Morgan fingerprint density at radius 1 is 1.30 bits per heavy atom. The van der Waals surface area contributed by atoms with Crippen molar-refractivity contribution in [2.24, 2.45) is 0 Å². The highest BCUT2D eigenvalue weighted by Crippen LogP contribution is 2.34. The Morgan fingerprint density at radius 2 is 2.10 bits per heavy atom. The quantitative estimate of drug-likeness (QED) is 0.709. The molecule has 0 spiro atoms. The molecule has 6 heteroatoms. The van der Waals surface area contributed by atoms with Gasteiger partial charge in [0, 0.05) is 42.4 Å². The van der Waals surface area contributed by atoms with Crippen LogP contribution in [-0.4, -0.2) is 34.0 Å². The second-order valence-corrected chi connectivity index (χ2v) is 4.63. The third-order valence-corrected chi connectivity index (χ3v) is 2.92. The van der Waals surface area contributed by atoms with Crippen molar-refractivity contribution < 1.29 is 14.2 Å². The molecule has 0 aromatic heterocycles. The van der Waals surface area contributed by atoms with E-state index in [0.29, 0.717) is 36.3 Å². The van der Waals surface area contributed by atoms with E-state index in [4.69, 9.17) is 37.4 Å². The predicted molar refractivity (Wildman–Crippen MR) is 82.1 cm³/mol. The van der Waals surface area contributed by atoms with Gasteiger partial charge in [0.05, 0.1) is 13.7 Å². The molecule has 0 unspecified atom stereocenters. The van der Waals surface area contributed by atoms with Gasteiger partial charge in [0.25, 0.3) is 0 Å². The SMILES string of the molecule is COCCNCc1cc(Cl)cc(OC)c1OC/C=C/Cl. The predicted octanol–water partition coefficient (Wildman–Crippen LogP) is 3.22. The fourth-order valence-electron chi connectivity index (χ4n) is 1.63. The number of hydrogen-bond donors (Lipinski definition) is 1. The minimum absolute atomic E-state index is 0.368. The molecule has 0 aliphatic carbocycles. The maximum absolute atomic E-state index is 6.08. The highest BCUT2D eigenvalue weighted by atomic mass is 35.5. The number of benzene rings is 1. The van der Waals surface area contributed by atoms with Crippen LogP contribution in [0.5, 0.6) is 11.5 Å². The molecule has 0 aliphatic heterocycles. The third kappa shape index (κ3) is 5.59. The van der Waals surface area contributed by atoms with Crippen LogP contribution in [0, 0.1) is 0 Å². The van der Waals surface area contributed by atoms with E-state index in [0.717, 1.165) is 12.1 Å². The summed E-state index contributed by atoms with van der Waals surface area (Å²) in [7, 11) is 3.25. The van der Waals surface area contributed by atoms with Gasteiger partial charge < -0.3 is 19.5 Å². The number of ether oxygens (including phenoxy) is 3. The van der Waals surface area contributed by atoms with E-state index < -0.39 is 0 Å². The maximum atomic E-state index is 6.08. The van der Waals surface area contributed by atoms with Gasteiger partial charge in [-0.15, -0.1) is 0 Å². The van der Waals surface area contributed by atoms with Crippen molar-refractivity contribution in [3.8, 4) is 11.5 Å². The van der Waals surface area contributed by atoms with E-state index in [1.807, 2.05) is 6.07 Å². The summed E-state index contributed by atoms with van der Waals surface area (Å²) in [5, 5.41) is 3.85. The van der Waals surface area contributed by atoms with Crippen molar-refractivity contribution in [3.63, 3.8) is 0 Å². The standard InChI is InChI=1S/C14H19Cl2NO3/c1-18-7-5-17-10-11-8-12(16)9-13(19-2)14(11)20-6-3-4-15/h3-4,8-9,17H,5-7,10H2,1-2H3/b4-3+. The maximum Gasteiger partial charge on any atom is 0.166 e. The van der Waals surface area contributed by atoms with Crippen molar-refractivity contribution >= 4 is 23.2 Å². The van der Waals surface area contributed by atoms with Crippen molar-refractivity contribution in [1.29, 1.82) is 0 Å². The second-order valence-electron chi connectivity index (χ2n) is 3.94. The summed E-state index contributed by atoms with van der Waals surface area (Å²) in [5.74, 6) is 1.26. The molecule has 0 radical (unpaired) electrons. The molecule has 0 aliphatic rings. The molecule has 20 heavy (non-hydrogen) atoms. The Bertz CT molecular complexity index is 439. The van der Waals surface area contributed by atoms with E-state index in [1.165, 1.54) is 5.54 Å². The summed E-state index contributed by atoms with van der Waals surface area (Å²) >= 11 is 11.6. The van der Waals surface area contributed by atoms with Crippen LogP contribution in [0.2, 0.25) is 5.02 Å². The van der Waals surface area contributed by atoms with Gasteiger partial charge in [0.1, 0.15) is 6.61 Å². The number of methoxy groups -OCH3 is 2. The van der Waals surface area contributed by atoms with E-state index in [2.05, 4.69) is 5.32 Å². The normalized spacial score (nSPS) is 11.0.